The Morgan fingerprint density at radius 2 is 2.12 bits per heavy atom. The molecule has 0 radical (unpaired) electrons. The van der Waals surface area contributed by atoms with Crippen LogP contribution in [0.3, 0.4) is 0 Å². The van der Waals surface area contributed by atoms with Gasteiger partial charge in [0.15, 0.2) is 0 Å². The minimum atomic E-state index is -0.159. The van der Waals surface area contributed by atoms with Crippen molar-refractivity contribution in [2.45, 2.75) is 46.1 Å². The molecule has 0 spiro atoms. The maximum Gasteiger partial charge on any atom is 0.123 e. The van der Waals surface area contributed by atoms with Gasteiger partial charge in [-0.25, -0.2) is 4.39 Å². The molecule has 0 aromatic heterocycles. The van der Waals surface area contributed by atoms with Crippen molar-refractivity contribution < 1.29 is 4.39 Å². The second-order valence-electron chi connectivity index (χ2n) is 5.54. The zero-order valence-corrected chi connectivity index (χ0v) is 10.3. The van der Waals surface area contributed by atoms with Crippen LogP contribution < -0.4 is 5.32 Å². The molecule has 0 bridgehead atoms. The number of hydrogen-bond donors (Lipinski definition) is 1. The molecular weight excluding hydrogens is 201 g/mol. The SMILES string of the molecule is Cc1cc(F)ccc1NC1CCCC1(C)C. The average molecular weight is 221 g/mol. The summed E-state index contributed by atoms with van der Waals surface area (Å²) in [6.45, 7) is 6.56. The van der Waals surface area contributed by atoms with Crippen molar-refractivity contribution >= 4 is 5.69 Å². The minimum Gasteiger partial charge on any atom is -0.382 e. The lowest BCUT2D eigenvalue weighted by Gasteiger charge is -2.29. The fourth-order valence-corrected chi connectivity index (χ4v) is 2.57. The Morgan fingerprint density at radius 1 is 1.38 bits per heavy atom. The molecule has 2 heteroatoms. The largest absolute Gasteiger partial charge is 0.382 e. The first-order valence-electron chi connectivity index (χ1n) is 6.02. The van der Waals surface area contributed by atoms with Crippen LogP contribution in [-0.4, -0.2) is 6.04 Å². The van der Waals surface area contributed by atoms with E-state index in [4.69, 9.17) is 0 Å². The van der Waals surface area contributed by atoms with Crippen LogP contribution in [0.2, 0.25) is 0 Å². The molecule has 1 N–H and O–H groups in total. The van der Waals surface area contributed by atoms with Gasteiger partial charge in [-0.2, -0.15) is 0 Å². The predicted molar refractivity (Wildman–Crippen MR) is 66.2 cm³/mol. The van der Waals surface area contributed by atoms with Crippen molar-refractivity contribution in [3.05, 3.63) is 29.6 Å². The summed E-state index contributed by atoms with van der Waals surface area (Å²) in [5, 5.41) is 3.56. The first-order chi connectivity index (χ1) is 7.49. The Hall–Kier alpha value is -1.05. The Kier molecular flexibility index (Phi) is 2.92. The monoisotopic (exact) mass is 221 g/mol. The van der Waals surface area contributed by atoms with Crippen molar-refractivity contribution in [2.24, 2.45) is 5.41 Å². The van der Waals surface area contributed by atoms with Crippen LogP contribution in [0, 0.1) is 18.2 Å². The zero-order valence-electron chi connectivity index (χ0n) is 10.3. The van der Waals surface area contributed by atoms with Gasteiger partial charge >= 0.3 is 0 Å². The van der Waals surface area contributed by atoms with Gasteiger partial charge in [-0.05, 0) is 48.9 Å². The molecule has 88 valence electrons. The third kappa shape index (κ3) is 2.21. The number of halogens is 1. The summed E-state index contributed by atoms with van der Waals surface area (Å²) in [4.78, 5) is 0. The van der Waals surface area contributed by atoms with E-state index < -0.39 is 0 Å². The average Bonchev–Trinajstić information content (AvgIpc) is 2.50. The van der Waals surface area contributed by atoms with Crippen LogP contribution in [0.4, 0.5) is 10.1 Å². The Morgan fingerprint density at radius 3 is 2.69 bits per heavy atom. The van der Waals surface area contributed by atoms with Crippen molar-refractivity contribution in [1.29, 1.82) is 0 Å². The van der Waals surface area contributed by atoms with E-state index >= 15 is 0 Å². The Labute approximate surface area is 97.1 Å². The highest BCUT2D eigenvalue weighted by atomic mass is 19.1. The standard InChI is InChI=1S/C14H20FN/c1-10-9-11(15)6-7-12(10)16-13-5-4-8-14(13,2)3/h6-7,9,13,16H,4-5,8H2,1-3H3. The normalized spacial score (nSPS) is 23.4. The van der Waals surface area contributed by atoms with E-state index in [0.717, 1.165) is 11.3 Å². The summed E-state index contributed by atoms with van der Waals surface area (Å²) in [5.41, 5.74) is 2.41. The molecule has 0 saturated heterocycles. The lowest BCUT2D eigenvalue weighted by atomic mass is 9.87. The molecule has 1 fully saturated rings. The van der Waals surface area contributed by atoms with Crippen LogP contribution in [0.25, 0.3) is 0 Å². The predicted octanol–water partition coefficient (Wildman–Crippen LogP) is 4.12. The number of anilines is 1. The summed E-state index contributed by atoms with van der Waals surface area (Å²) in [5.74, 6) is -0.159. The number of aryl methyl sites for hydroxylation is 1. The summed E-state index contributed by atoms with van der Waals surface area (Å²) >= 11 is 0. The highest BCUT2D eigenvalue weighted by molar-refractivity contribution is 5.51. The van der Waals surface area contributed by atoms with Gasteiger partial charge in [0.05, 0.1) is 0 Å². The van der Waals surface area contributed by atoms with Gasteiger partial charge in [0.1, 0.15) is 5.82 Å². The highest BCUT2D eigenvalue weighted by Crippen LogP contribution is 2.39. The summed E-state index contributed by atoms with van der Waals surface area (Å²) < 4.78 is 13.0. The fraction of sp³-hybridized carbons (Fsp3) is 0.571. The van der Waals surface area contributed by atoms with Gasteiger partial charge in [0, 0.05) is 11.7 Å². The molecule has 16 heavy (non-hydrogen) atoms. The molecule has 2 rings (SSSR count). The van der Waals surface area contributed by atoms with E-state index in [2.05, 4.69) is 19.2 Å². The molecule has 1 aromatic carbocycles. The smallest absolute Gasteiger partial charge is 0.123 e. The molecule has 1 aromatic rings. The van der Waals surface area contributed by atoms with E-state index in [0.29, 0.717) is 11.5 Å². The number of rotatable bonds is 2. The zero-order chi connectivity index (χ0) is 11.8. The van der Waals surface area contributed by atoms with Crippen LogP contribution in [0.5, 0.6) is 0 Å². The van der Waals surface area contributed by atoms with Gasteiger partial charge < -0.3 is 5.32 Å². The van der Waals surface area contributed by atoms with E-state index in [-0.39, 0.29) is 5.82 Å². The maximum atomic E-state index is 13.0. The summed E-state index contributed by atoms with van der Waals surface area (Å²) in [6, 6.07) is 5.47. The number of hydrogen-bond acceptors (Lipinski definition) is 1. The Bertz CT molecular complexity index is 384. The van der Waals surface area contributed by atoms with Gasteiger partial charge in [0.25, 0.3) is 0 Å². The van der Waals surface area contributed by atoms with Crippen molar-refractivity contribution in [2.75, 3.05) is 5.32 Å². The molecule has 1 saturated carbocycles. The van der Waals surface area contributed by atoms with E-state index in [1.165, 1.54) is 25.3 Å². The third-order valence-electron chi connectivity index (χ3n) is 3.78. The van der Waals surface area contributed by atoms with Crippen LogP contribution in [-0.2, 0) is 0 Å². The number of benzene rings is 1. The third-order valence-corrected chi connectivity index (χ3v) is 3.78. The molecular formula is C14H20FN. The van der Waals surface area contributed by atoms with Gasteiger partial charge in [0.2, 0.25) is 0 Å². The first kappa shape index (κ1) is 11.4. The second-order valence-corrected chi connectivity index (χ2v) is 5.54. The minimum absolute atomic E-state index is 0.159. The van der Waals surface area contributed by atoms with Gasteiger partial charge in [-0.1, -0.05) is 20.3 Å². The summed E-state index contributed by atoms with van der Waals surface area (Å²) in [7, 11) is 0. The molecule has 1 nitrogen and oxygen atoms in total. The van der Waals surface area contributed by atoms with E-state index in [1.807, 2.05) is 13.0 Å². The number of nitrogens with one attached hydrogen (secondary N) is 1. The summed E-state index contributed by atoms with van der Waals surface area (Å²) in [6.07, 6.45) is 3.76. The molecule has 1 atom stereocenters. The van der Waals surface area contributed by atoms with Crippen LogP contribution in [0.1, 0.15) is 38.7 Å². The molecule has 1 unspecified atom stereocenters. The van der Waals surface area contributed by atoms with Crippen LogP contribution >= 0.6 is 0 Å². The van der Waals surface area contributed by atoms with Crippen molar-refractivity contribution in [3.8, 4) is 0 Å². The maximum absolute atomic E-state index is 13.0. The molecule has 0 amide bonds. The molecule has 0 heterocycles. The molecule has 1 aliphatic rings. The van der Waals surface area contributed by atoms with Crippen molar-refractivity contribution in [1.82, 2.24) is 0 Å². The molecule has 1 aliphatic carbocycles. The fourth-order valence-electron chi connectivity index (χ4n) is 2.57. The van der Waals surface area contributed by atoms with Crippen molar-refractivity contribution in [3.63, 3.8) is 0 Å². The highest BCUT2D eigenvalue weighted by Gasteiger charge is 2.34. The van der Waals surface area contributed by atoms with E-state index in [9.17, 15) is 4.39 Å². The Balaban J connectivity index is 2.15. The first-order valence-corrected chi connectivity index (χ1v) is 6.02. The lowest BCUT2D eigenvalue weighted by molar-refractivity contribution is 0.350. The topological polar surface area (TPSA) is 12.0 Å². The van der Waals surface area contributed by atoms with E-state index in [1.54, 1.807) is 6.07 Å². The molecule has 0 aliphatic heterocycles. The van der Waals surface area contributed by atoms with Gasteiger partial charge in [-0.3, -0.25) is 0 Å². The second kappa shape index (κ2) is 4.08. The quantitative estimate of drug-likeness (QED) is 0.792. The lowest BCUT2D eigenvalue weighted by Crippen LogP contribution is -2.31. The van der Waals surface area contributed by atoms with Crippen LogP contribution in [0.15, 0.2) is 18.2 Å². The van der Waals surface area contributed by atoms with Gasteiger partial charge in [-0.15, -0.1) is 0 Å².